The van der Waals surface area contributed by atoms with E-state index in [1.54, 1.807) is 0 Å². The number of para-hydroxylation sites is 5. The molecule has 0 fully saturated rings. The number of nitrogens with zero attached hydrogens (tertiary/aromatic N) is 1. The van der Waals surface area contributed by atoms with E-state index in [0.29, 0.717) is 0 Å². The van der Waals surface area contributed by atoms with Crippen molar-refractivity contribution < 1.29 is 18.2 Å². The van der Waals surface area contributed by atoms with Crippen molar-refractivity contribution in [2.75, 3.05) is 0 Å². The zero-order chi connectivity index (χ0) is 39.1. The van der Waals surface area contributed by atoms with Gasteiger partial charge in [-0.05, 0) is 89.0 Å². The van der Waals surface area contributed by atoms with E-state index in [1.165, 1.54) is 21.8 Å². The Hall–Kier alpha value is -7.96. The molecule has 0 unspecified atom stereocenters. The molecule has 6 heteroatoms. The Morgan fingerprint density at radius 1 is 0.400 bits per heavy atom. The van der Waals surface area contributed by atoms with Gasteiger partial charge in [-0.25, -0.2) is 0 Å². The minimum atomic E-state index is -0.330. The van der Waals surface area contributed by atoms with Crippen molar-refractivity contribution in [1.29, 1.82) is 0 Å². The molecule has 0 bridgehead atoms. The largest absolute Gasteiger partial charge is 0.551 e. The van der Waals surface area contributed by atoms with Crippen molar-refractivity contribution in [3.63, 3.8) is 0 Å². The Morgan fingerprint density at radius 3 is 2.00 bits per heavy atom. The Balaban J connectivity index is 0.921. The van der Waals surface area contributed by atoms with Crippen LogP contribution >= 0.6 is 0 Å². The predicted molar refractivity (Wildman–Crippen MR) is 244 cm³/mol. The molecule has 9 aromatic carbocycles. The van der Waals surface area contributed by atoms with Gasteiger partial charge < -0.3 is 22.8 Å². The van der Waals surface area contributed by atoms with Crippen LogP contribution in [-0.4, -0.2) is 11.5 Å². The van der Waals surface area contributed by atoms with E-state index < -0.39 is 0 Å². The summed E-state index contributed by atoms with van der Waals surface area (Å²) in [5, 5.41) is 6.66. The Morgan fingerprint density at radius 2 is 1.12 bits per heavy atom. The average Bonchev–Trinajstić information content (AvgIpc) is 3.98. The van der Waals surface area contributed by atoms with Crippen molar-refractivity contribution in [2.45, 2.75) is 0 Å². The molecule has 0 radical (unpaired) electrons. The minimum Gasteiger partial charge on any atom is -0.551 e. The van der Waals surface area contributed by atoms with Crippen molar-refractivity contribution in [3.8, 4) is 56.3 Å². The molecule has 0 spiro atoms. The summed E-state index contributed by atoms with van der Waals surface area (Å²) in [7, 11) is 0. The van der Waals surface area contributed by atoms with Crippen LogP contribution in [0.3, 0.4) is 0 Å². The van der Waals surface area contributed by atoms with Gasteiger partial charge in [0.15, 0.2) is 0 Å². The highest BCUT2D eigenvalue weighted by Crippen LogP contribution is 2.45. The molecule has 2 aliphatic rings. The Labute approximate surface area is 343 Å². The summed E-state index contributed by atoms with van der Waals surface area (Å²) >= 11 is 0. The van der Waals surface area contributed by atoms with E-state index in [9.17, 15) is 0 Å². The van der Waals surface area contributed by atoms with E-state index in [2.05, 4.69) is 162 Å². The number of ether oxygens (including phenoxy) is 1. The zero-order valence-electron chi connectivity index (χ0n) is 32.0. The molecule has 3 aromatic heterocycles. The average molecular weight is 768 g/mol. The fraction of sp³-hybridized carbons (Fsp3) is 0. The van der Waals surface area contributed by atoms with E-state index in [0.717, 1.165) is 111 Å². The smallest absolute Gasteiger partial charge is 0.434 e. The van der Waals surface area contributed by atoms with Gasteiger partial charge in [-0.3, -0.25) is 0 Å². The number of hydrogen-bond donors (Lipinski definition) is 0. The molecule has 12 aromatic rings. The molecule has 278 valence electrons. The second-order valence-corrected chi connectivity index (χ2v) is 15.9. The fourth-order valence-electron chi connectivity index (χ4n) is 10.0. The van der Waals surface area contributed by atoms with Crippen LogP contribution in [0.15, 0.2) is 191 Å². The van der Waals surface area contributed by atoms with Gasteiger partial charge in [0, 0.05) is 54.7 Å². The number of hydrogen-bond acceptors (Lipinski definition) is 4. The number of furan rings is 2. The van der Waals surface area contributed by atoms with Gasteiger partial charge in [0.2, 0.25) is 0 Å². The van der Waals surface area contributed by atoms with E-state index in [1.807, 2.05) is 24.3 Å². The lowest BCUT2D eigenvalue weighted by Crippen LogP contribution is -2.53. The van der Waals surface area contributed by atoms with Crippen molar-refractivity contribution in [3.05, 3.63) is 182 Å². The Kier molecular flexibility index (Phi) is 6.31. The molecule has 5 heterocycles. The van der Waals surface area contributed by atoms with Crippen LogP contribution in [0.4, 0.5) is 0 Å². The summed E-state index contributed by atoms with van der Waals surface area (Å²) < 4.78 is 29.4. The number of fused-ring (bicyclic) bond motifs is 14. The fourth-order valence-corrected chi connectivity index (χ4v) is 10.0. The molecule has 2 aliphatic heterocycles. The van der Waals surface area contributed by atoms with Crippen molar-refractivity contribution in [2.24, 2.45) is 0 Å². The summed E-state index contributed by atoms with van der Waals surface area (Å²) in [6.45, 7) is -0.330. The van der Waals surface area contributed by atoms with Gasteiger partial charge in [0.1, 0.15) is 39.6 Å². The molecule has 60 heavy (non-hydrogen) atoms. The molecular weight excluding hydrogens is 737 g/mol. The highest BCUT2D eigenvalue weighted by atomic mass is 16.5. The van der Waals surface area contributed by atoms with Crippen LogP contribution < -0.4 is 20.3 Å². The second kappa shape index (κ2) is 11.8. The third-order valence-corrected chi connectivity index (χ3v) is 12.7. The van der Waals surface area contributed by atoms with E-state index in [4.69, 9.17) is 18.2 Å². The summed E-state index contributed by atoms with van der Waals surface area (Å²) in [4.78, 5) is 0. The lowest BCUT2D eigenvalue weighted by Gasteiger charge is -2.33. The number of aromatic nitrogens is 1. The van der Waals surface area contributed by atoms with Crippen LogP contribution in [0.1, 0.15) is 0 Å². The Bertz CT molecular complexity index is 3760. The highest BCUT2D eigenvalue weighted by molar-refractivity contribution is 6.84. The summed E-state index contributed by atoms with van der Waals surface area (Å²) in [6, 6.07) is 64.0. The lowest BCUT2D eigenvalue weighted by molar-refractivity contribution is 0.480. The van der Waals surface area contributed by atoms with Crippen LogP contribution in [0.2, 0.25) is 0 Å². The normalized spacial score (nSPS) is 12.9. The van der Waals surface area contributed by atoms with Crippen LogP contribution in [-0.2, 0) is 0 Å². The molecule has 14 rings (SSSR count). The molecule has 0 aliphatic carbocycles. The highest BCUT2D eigenvalue weighted by Gasteiger charge is 2.41. The first-order valence-corrected chi connectivity index (χ1v) is 20.3. The zero-order valence-corrected chi connectivity index (χ0v) is 32.0. The van der Waals surface area contributed by atoms with Crippen molar-refractivity contribution in [1.82, 2.24) is 4.57 Å². The summed E-state index contributed by atoms with van der Waals surface area (Å²) in [5.41, 5.74) is 15.2. The minimum absolute atomic E-state index is 0.330. The third kappa shape index (κ3) is 4.37. The number of benzene rings is 9. The van der Waals surface area contributed by atoms with Gasteiger partial charge in [-0.2, -0.15) is 0 Å². The molecule has 0 saturated carbocycles. The van der Waals surface area contributed by atoms with Crippen molar-refractivity contribution >= 4 is 83.5 Å². The first kappa shape index (κ1) is 32.1. The monoisotopic (exact) mass is 767 g/mol. The maximum absolute atomic E-state index is 7.01. The van der Waals surface area contributed by atoms with Gasteiger partial charge in [-0.15, -0.1) is 0 Å². The van der Waals surface area contributed by atoms with Crippen LogP contribution in [0.25, 0.3) is 105 Å². The van der Waals surface area contributed by atoms with Crippen LogP contribution in [0.5, 0.6) is 17.2 Å². The lowest BCUT2D eigenvalue weighted by atomic mass is 9.50. The molecular formula is C54H30BNO4. The SMILES string of the molecule is c1cc(-c2cc3c4c(c2)-c2ccccc2OB4c2ccc(-c4cccc5c4oc4ccc6c7ccccc7oc6c45)cc2O3)cc(-n2c3ccccc3c3ccccc32)c1. The molecule has 0 amide bonds. The molecule has 0 saturated heterocycles. The maximum Gasteiger partial charge on any atom is 0.434 e. The third-order valence-electron chi connectivity index (χ3n) is 12.7. The topological polar surface area (TPSA) is 49.7 Å². The van der Waals surface area contributed by atoms with E-state index in [-0.39, 0.29) is 6.92 Å². The van der Waals surface area contributed by atoms with Crippen LogP contribution in [0, 0.1) is 0 Å². The van der Waals surface area contributed by atoms with Gasteiger partial charge in [0.25, 0.3) is 0 Å². The predicted octanol–water partition coefficient (Wildman–Crippen LogP) is 13.2. The maximum atomic E-state index is 7.01. The molecule has 0 atom stereocenters. The number of rotatable bonds is 3. The molecule has 5 nitrogen and oxygen atoms in total. The summed E-state index contributed by atoms with van der Waals surface area (Å²) in [6.07, 6.45) is 0. The van der Waals surface area contributed by atoms with Gasteiger partial charge in [-0.1, -0.05) is 115 Å². The molecule has 0 N–H and O–H groups in total. The quantitative estimate of drug-likeness (QED) is 0.168. The first-order chi connectivity index (χ1) is 29.7. The second-order valence-electron chi connectivity index (χ2n) is 15.9. The first-order valence-electron chi connectivity index (χ1n) is 20.3. The standard InChI is InChI=1S/C54H30BNO4/c1-5-19-44-36(13-1)37-14-2-6-20-45(37)56(44)34-12-9-11-31(27-34)33-28-42-39-16-4-8-22-47(39)60-55-43-25-23-32(29-49(43)57-50(30-33)52(42)55)35-17-10-18-41-51-48(59-53(35)41)26-24-40-38-15-3-7-21-46(38)58-54(40)51/h1-30H. The van der Waals surface area contributed by atoms with E-state index >= 15 is 0 Å². The van der Waals surface area contributed by atoms with Gasteiger partial charge >= 0.3 is 6.92 Å². The van der Waals surface area contributed by atoms with Gasteiger partial charge in [0.05, 0.1) is 16.4 Å². The summed E-state index contributed by atoms with van der Waals surface area (Å²) in [5.74, 6) is 2.42.